The van der Waals surface area contributed by atoms with Gasteiger partial charge in [0.15, 0.2) is 0 Å². The average Bonchev–Trinajstić information content (AvgIpc) is 2.83. The van der Waals surface area contributed by atoms with Crippen LogP contribution in [0.25, 0.3) is 10.8 Å². The first kappa shape index (κ1) is 11.0. The summed E-state index contributed by atoms with van der Waals surface area (Å²) in [6, 6.07) is 9.71. The molecule has 0 radical (unpaired) electrons. The standard InChI is InChI=1S/C15H13NO2/c1-10-6-7-18-15(10)14(17)13-9-16-8-11-4-2-3-5-12(11)13/h2-9,14,17H,1H3. The second-order valence-electron chi connectivity index (χ2n) is 4.32. The minimum Gasteiger partial charge on any atom is -0.466 e. The van der Waals surface area contributed by atoms with Crippen LogP contribution >= 0.6 is 0 Å². The summed E-state index contributed by atoms with van der Waals surface area (Å²) < 4.78 is 5.35. The molecule has 0 aliphatic rings. The normalized spacial score (nSPS) is 12.8. The second kappa shape index (κ2) is 4.27. The van der Waals surface area contributed by atoms with Crippen LogP contribution in [0.4, 0.5) is 0 Å². The Morgan fingerprint density at radius 3 is 2.78 bits per heavy atom. The maximum absolute atomic E-state index is 10.4. The quantitative estimate of drug-likeness (QED) is 0.746. The molecule has 3 rings (SSSR count). The van der Waals surface area contributed by atoms with Gasteiger partial charge in [0.05, 0.1) is 6.26 Å². The van der Waals surface area contributed by atoms with Crippen molar-refractivity contribution in [3.05, 3.63) is 65.9 Å². The van der Waals surface area contributed by atoms with Gasteiger partial charge in [-0.3, -0.25) is 4.98 Å². The summed E-state index contributed by atoms with van der Waals surface area (Å²) in [6.07, 6.45) is 4.29. The molecule has 0 amide bonds. The third-order valence-corrected chi connectivity index (χ3v) is 3.14. The van der Waals surface area contributed by atoms with Crippen LogP contribution in [0, 0.1) is 6.92 Å². The van der Waals surface area contributed by atoms with Crippen molar-refractivity contribution in [1.29, 1.82) is 0 Å². The Morgan fingerprint density at radius 2 is 2.00 bits per heavy atom. The fourth-order valence-electron chi connectivity index (χ4n) is 2.16. The molecule has 0 saturated heterocycles. The molecule has 1 atom stereocenters. The van der Waals surface area contributed by atoms with Crippen molar-refractivity contribution in [3.63, 3.8) is 0 Å². The number of aromatic nitrogens is 1. The number of hydrogen-bond acceptors (Lipinski definition) is 3. The lowest BCUT2D eigenvalue weighted by atomic mass is 10.0. The third kappa shape index (κ3) is 1.69. The molecule has 0 aliphatic heterocycles. The van der Waals surface area contributed by atoms with Crippen LogP contribution in [0.2, 0.25) is 0 Å². The number of rotatable bonds is 2. The summed E-state index contributed by atoms with van der Waals surface area (Å²) in [5.74, 6) is 0.577. The summed E-state index contributed by atoms with van der Waals surface area (Å²) in [5.41, 5.74) is 1.71. The zero-order valence-corrected chi connectivity index (χ0v) is 10.00. The first-order valence-electron chi connectivity index (χ1n) is 5.82. The summed E-state index contributed by atoms with van der Waals surface area (Å²) >= 11 is 0. The van der Waals surface area contributed by atoms with Crippen molar-refractivity contribution >= 4 is 10.8 Å². The topological polar surface area (TPSA) is 46.3 Å². The second-order valence-corrected chi connectivity index (χ2v) is 4.32. The van der Waals surface area contributed by atoms with E-state index in [-0.39, 0.29) is 0 Å². The molecule has 90 valence electrons. The van der Waals surface area contributed by atoms with Crippen molar-refractivity contribution in [1.82, 2.24) is 4.98 Å². The number of furan rings is 1. The van der Waals surface area contributed by atoms with Crippen LogP contribution < -0.4 is 0 Å². The van der Waals surface area contributed by atoms with E-state index in [9.17, 15) is 5.11 Å². The van der Waals surface area contributed by atoms with Crippen LogP contribution in [0.1, 0.15) is 23.0 Å². The van der Waals surface area contributed by atoms with Crippen molar-refractivity contribution in [3.8, 4) is 0 Å². The van der Waals surface area contributed by atoms with E-state index >= 15 is 0 Å². The van der Waals surface area contributed by atoms with Crippen molar-refractivity contribution in [2.24, 2.45) is 0 Å². The highest BCUT2D eigenvalue weighted by Gasteiger charge is 2.18. The van der Waals surface area contributed by atoms with Gasteiger partial charge in [-0.05, 0) is 23.9 Å². The fraction of sp³-hybridized carbons (Fsp3) is 0.133. The Labute approximate surface area is 105 Å². The Hall–Kier alpha value is -2.13. The van der Waals surface area contributed by atoms with Gasteiger partial charge >= 0.3 is 0 Å². The fourth-order valence-corrected chi connectivity index (χ4v) is 2.16. The van der Waals surface area contributed by atoms with E-state index in [4.69, 9.17) is 4.42 Å². The van der Waals surface area contributed by atoms with Crippen LogP contribution in [0.15, 0.2) is 53.4 Å². The minimum atomic E-state index is -0.779. The SMILES string of the molecule is Cc1ccoc1C(O)c1cncc2ccccc12. The van der Waals surface area contributed by atoms with E-state index in [0.29, 0.717) is 5.76 Å². The molecule has 0 aliphatic carbocycles. The maximum atomic E-state index is 10.4. The van der Waals surface area contributed by atoms with Gasteiger partial charge in [0.1, 0.15) is 11.9 Å². The van der Waals surface area contributed by atoms with Gasteiger partial charge < -0.3 is 9.52 Å². The van der Waals surface area contributed by atoms with Gasteiger partial charge in [0, 0.05) is 23.3 Å². The van der Waals surface area contributed by atoms with Gasteiger partial charge in [-0.2, -0.15) is 0 Å². The van der Waals surface area contributed by atoms with Gasteiger partial charge in [0.25, 0.3) is 0 Å². The van der Waals surface area contributed by atoms with Crippen LogP contribution in [-0.4, -0.2) is 10.1 Å². The monoisotopic (exact) mass is 239 g/mol. The molecule has 18 heavy (non-hydrogen) atoms. The Kier molecular flexibility index (Phi) is 2.61. The molecule has 0 saturated carbocycles. The molecule has 3 heteroatoms. The molecule has 1 unspecified atom stereocenters. The van der Waals surface area contributed by atoms with Crippen LogP contribution in [-0.2, 0) is 0 Å². The van der Waals surface area contributed by atoms with E-state index < -0.39 is 6.10 Å². The van der Waals surface area contributed by atoms with Gasteiger partial charge in [-0.15, -0.1) is 0 Å². The highest BCUT2D eigenvalue weighted by atomic mass is 16.4. The predicted octanol–water partition coefficient (Wildman–Crippen LogP) is 3.22. The van der Waals surface area contributed by atoms with E-state index in [1.807, 2.05) is 37.3 Å². The molecule has 2 heterocycles. The Balaban J connectivity index is 2.18. The summed E-state index contributed by atoms with van der Waals surface area (Å²) in [5, 5.41) is 12.4. The Morgan fingerprint density at radius 1 is 1.17 bits per heavy atom. The van der Waals surface area contributed by atoms with Crippen molar-refractivity contribution < 1.29 is 9.52 Å². The number of benzene rings is 1. The number of hydrogen-bond donors (Lipinski definition) is 1. The first-order valence-corrected chi connectivity index (χ1v) is 5.82. The lowest BCUT2D eigenvalue weighted by Gasteiger charge is -2.11. The van der Waals surface area contributed by atoms with E-state index in [1.165, 1.54) is 0 Å². The third-order valence-electron chi connectivity index (χ3n) is 3.14. The number of pyridine rings is 1. The molecule has 0 bridgehead atoms. The van der Waals surface area contributed by atoms with Gasteiger partial charge in [0.2, 0.25) is 0 Å². The van der Waals surface area contributed by atoms with E-state index in [0.717, 1.165) is 21.9 Å². The molecular formula is C15H13NO2. The summed E-state index contributed by atoms with van der Waals surface area (Å²) in [7, 11) is 0. The zero-order chi connectivity index (χ0) is 12.5. The molecule has 0 spiro atoms. The van der Waals surface area contributed by atoms with E-state index in [1.54, 1.807) is 18.7 Å². The van der Waals surface area contributed by atoms with Crippen molar-refractivity contribution in [2.45, 2.75) is 13.0 Å². The zero-order valence-electron chi connectivity index (χ0n) is 10.00. The number of aryl methyl sites for hydroxylation is 1. The first-order chi connectivity index (χ1) is 8.77. The van der Waals surface area contributed by atoms with Gasteiger partial charge in [-0.25, -0.2) is 0 Å². The van der Waals surface area contributed by atoms with Gasteiger partial charge in [-0.1, -0.05) is 24.3 Å². The summed E-state index contributed by atoms with van der Waals surface area (Å²) in [6.45, 7) is 1.92. The molecule has 3 aromatic rings. The molecule has 3 nitrogen and oxygen atoms in total. The molecule has 2 aromatic heterocycles. The number of aliphatic hydroxyl groups is 1. The largest absolute Gasteiger partial charge is 0.466 e. The highest BCUT2D eigenvalue weighted by molar-refractivity contribution is 5.85. The van der Waals surface area contributed by atoms with Crippen LogP contribution in [0.3, 0.4) is 0 Å². The number of fused-ring (bicyclic) bond motifs is 1. The van der Waals surface area contributed by atoms with E-state index in [2.05, 4.69) is 4.98 Å². The average molecular weight is 239 g/mol. The maximum Gasteiger partial charge on any atom is 0.139 e. The molecule has 1 N–H and O–H groups in total. The molecule has 0 fully saturated rings. The number of aliphatic hydroxyl groups excluding tert-OH is 1. The lowest BCUT2D eigenvalue weighted by molar-refractivity contribution is 0.189. The predicted molar refractivity (Wildman–Crippen MR) is 69.2 cm³/mol. The Bertz CT molecular complexity index is 682. The summed E-state index contributed by atoms with van der Waals surface area (Å²) in [4.78, 5) is 4.17. The lowest BCUT2D eigenvalue weighted by Crippen LogP contribution is -2.01. The molecule has 1 aromatic carbocycles. The smallest absolute Gasteiger partial charge is 0.139 e. The number of nitrogens with zero attached hydrogens (tertiary/aromatic N) is 1. The van der Waals surface area contributed by atoms with Crippen molar-refractivity contribution in [2.75, 3.05) is 0 Å². The molecular weight excluding hydrogens is 226 g/mol. The van der Waals surface area contributed by atoms with Crippen LogP contribution in [0.5, 0.6) is 0 Å². The highest BCUT2D eigenvalue weighted by Crippen LogP contribution is 2.29. The minimum absolute atomic E-state index is 0.577.